The van der Waals surface area contributed by atoms with Crippen LogP contribution >= 0.6 is 23.2 Å². The Morgan fingerprint density at radius 1 is 0.897 bits per heavy atom. The van der Waals surface area contributed by atoms with E-state index in [0.29, 0.717) is 11.3 Å². The summed E-state index contributed by atoms with van der Waals surface area (Å²) in [4.78, 5) is 50.1. The van der Waals surface area contributed by atoms with E-state index in [2.05, 4.69) is 16.0 Å². The summed E-state index contributed by atoms with van der Waals surface area (Å²) in [6, 6.07) is 9.93. The number of aliphatic carboxylic acids is 1. The number of benzene rings is 2. The molecule has 1 aliphatic heterocycles. The third-order valence-electron chi connectivity index (χ3n) is 6.69. The first-order valence-corrected chi connectivity index (χ1v) is 13.4. The van der Waals surface area contributed by atoms with Crippen LogP contribution < -0.4 is 16.0 Å². The van der Waals surface area contributed by atoms with Crippen molar-refractivity contribution >= 4 is 52.6 Å². The van der Waals surface area contributed by atoms with Gasteiger partial charge in [-0.15, -0.1) is 0 Å². The Kier molecular flexibility index (Phi) is 9.79. The average molecular weight is 578 g/mol. The molecule has 10 nitrogen and oxygen atoms in total. The molecule has 0 aromatic heterocycles. The topological polar surface area (TPSA) is 143 Å². The maximum Gasteiger partial charge on any atom is 0.326 e. The van der Waals surface area contributed by atoms with Crippen LogP contribution in [0.25, 0.3) is 0 Å². The number of carboxylic acids is 1. The van der Waals surface area contributed by atoms with E-state index in [0.717, 1.165) is 32.1 Å². The van der Waals surface area contributed by atoms with E-state index in [1.807, 2.05) is 0 Å². The molecule has 3 unspecified atom stereocenters. The molecule has 3 amide bonds. The average Bonchev–Trinajstić information content (AvgIpc) is 3.40. The number of carbonyl (C=O) groups is 4. The highest BCUT2D eigenvalue weighted by Crippen LogP contribution is 2.25. The minimum absolute atomic E-state index is 0.0281. The predicted molar refractivity (Wildman–Crippen MR) is 144 cm³/mol. The molecule has 4 N–H and O–H groups in total. The van der Waals surface area contributed by atoms with Crippen molar-refractivity contribution in [3.8, 4) is 0 Å². The molecule has 0 spiro atoms. The Labute approximate surface area is 235 Å². The minimum atomic E-state index is -1.29. The molecule has 0 radical (unpaired) electrons. The van der Waals surface area contributed by atoms with Crippen LogP contribution in [0.1, 0.15) is 48.0 Å². The molecule has 0 bridgehead atoms. The van der Waals surface area contributed by atoms with Gasteiger partial charge >= 0.3 is 5.97 Å². The second kappa shape index (κ2) is 13.3. The fourth-order valence-electron chi connectivity index (χ4n) is 4.64. The molecule has 2 aromatic carbocycles. The molecule has 1 saturated heterocycles. The Bertz CT molecular complexity index is 1200. The summed E-state index contributed by atoms with van der Waals surface area (Å²) in [6.45, 7) is -0.245. The molecule has 2 aromatic rings. The third-order valence-corrected chi connectivity index (χ3v) is 7.32. The van der Waals surface area contributed by atoms with E-state index in [1.54, 1.807) is 42.5 Å². The van der Waals surface area contributed by atoms with Crippen molar-refractivity contribution in [2.24, 2.45) is 0 Å². The van der Waals surface area contributed by atoms with Gasteiger partial charge in [0.1, 0.15) is 12.8 Å². The van der Waals surface area contributed by atoms with E-state index < -0.39 is 41.9 Å². The summed E-state index contributed by atoms with van der Waals surface area (Å²) >= 11 is 12.2. The van der Waals surface area contributed by atoms with Gasteiger partial charge in [0, 0.05) is 18.2 Å². The zero-order valence-electron chi connectivity index (χ0n) is 21.0. The smallest absolute Gasteiger partial charge is 0.326 e. The summed E-state index contributed by atoms with van der Waals surface area (Å²) in [5.41, 5.74) is 1.17. The monoisotopic (exact) mass is 577 g/mol. The normalized spacial score (nSPS) is 20.2. The van der Waals surface area contributed by atoms with Gasteiger partial charge in [0.15, 0.2) is 12.2 Å². The van der Waals surface area contributed by atoms with Gasteiger partial charge in [-0.3, -0.25) is 14.4 Å². The van der Waals surface area contributed by atoms with Gasteiger partial charge in [0.25, 0.3) is 17.7 Å². The number of amides is 3. The van der Waals surface area contributed by atoms with Gasteiger partial charge in [-0.25, -0.2) is 4.79 Å². The zero-order chi connectivity index (χ0) is 27.9. The molecule has 1 saturated carbocycles. The van der Waals surface area contributed by atoms with Crippen molar-refractivity contribution in [3.63, 3.8) is 0 Å². The highest BCUT2D eigenvalue weighted by Gasteiger charge is 2.42. The quantitative estimate of drug-likeness (QED) is 0.357. The molecule has 2 aliphatic rings. The van der Waals surface area contributed by atoms with Gasteiger partial charge in [-0.05, 0) is 42.7 Å². The number of nitrogens with one attached hydrogen (secondary N) is 3. The van der Waals surface area contributed by atoms with Crippen LogP contribution in [0.2, 0.25) is 10.0 Å². The number of rotatable bonds is 9. The highest BCUT2D eigenvalue weighted by atomic mass is 35.5. The first-order chi connectivity index (χ1) is 18.7. The largest absolute Gasteiger partial charge is 0.480 e. The number of ether oxygens (including phenoxy) is 2. The van der Waals surface area contributed by atoms with Crippen molar-refractivity contribution < 1.29 is 33.8 Å². The standard InChI is InChI=1S/C27H29Cl2N3O7/c28-18-7-4-8-19(29)21(18)24(33)30-17-11-9-15(10-12-17)13-20(27(36)37)32-26(35)23-22(38-14-39-23)25(34)31-16-5-2-1-3-6-16/h4,7-12,16,20,22-23H,1-3,5-6,13-14H2,(H,30,33)(H,31,34)(H,32,35)(H,36,37). The Morgan fingerprint density at radius 3 is 2.13 bits per heavy atom. The first-order valence-electron chi connectivity index (χ1n) is 12.6. The molecule has 39 heavy (non-hydrogen) atoms. The summed E-state index contributed by atoms with van der Waals surface area (Å²) in [6.07, 6.45) is 2.46. The third kappa shape index (κ3) is 7.48. The number of carboxylic acid groups (broad SMARTS) is 1. The zero-order valence-corrected chi connectivity index (χ0v) is 22.5. The van der Waals surface area contributed by atoms with Crippen LogP contribution in [-0.2, 0) is 30.3 Å². The van der Waals surface area contributed by atoms with Gasteiger partial charge in [-0.2, -0.15) is 0 Å². The molecule has 12 heteroatoms. The van der Waals surface area contributed by atoms with E-state index in [1.165, 1.54) is 0 Å². The Hall–Kier alpha value is -3.18. The van der Waals surface area contributed by atoms with Gasteiger partial charge in [0.2, 0.25) is 0 Å². The summed E-state index contributed by atoms with van der Waals surface area (Å²) in [5, 5.41) is 18.2. The minimum Gasteiger partial charge on any atom is -0.480 e. The van der Waals surface area contributed by atoms with E-state index in [-0.39, 0.29) is 34.9 Å². The second-order valence-electron chi connectivity index (χ2n) is 9.49. The van der Waals surface area contributed by atoms with Crippen molar-refractivity contribution in [2.45, 2.75) is 62.8 Å². The predicted octanol–water partition coefficient (Wildman–Crippen LogP) is 3.55. The maximum absolute atomic E-state index is 12.9. The maximum atomic E-state index is 12.9. The van der Waals surface area contributed by atoms with E-state index >= 15 is 0 Å². The lowest BCUT2D eigenvalue weighted by Gasteiger charge is -2.25. The van der Waals surface area contributed by atoms with Crippen LogP contribution in [-0.4, -0.2) is 59.9 Å². The SMILES string of the molecule is O=C(Nc1ccc(CC(NC(=O)C2OCOC2C(=O)NC2CCCCC2)C(=O)O)cc1)c1c(Cl)cccc1Cl. The Balaban J connectivity index is 1.34. The van der Waals surface area contributed by atoms with Gasteiger partial charge in [0.05, 0.1) is 15.6 Å². The number of hydrogen-bond acceptors (Lipinski definition) is 6. The molecule has 4 rings (SSSR count). The number of halogens is 2. The van der Waals surface area contributed by atoms with Gasteiger partial charge < -0.3 is 30.5 Å². The highest BCUT2D eigenvalue weighted by molar-refractivity contribution is 6.40. The lowest BCUT2D eigenvalue weighted by Crippen LogP contribution is -2.53. The van der Waals surface area contributed by atoms with Crippen LogP contribution in [0.4, 0.5) is 5.69 Å². The number of anilines is 1. The molecule has 1 aliphatic carbocycles. The molecular formula is C27H29Cl2N3O7. The fraction of sp³-hybridized carbons (Fsp3) is 0.407. The van der Waals surface area contributed by atoms with Crippen molar-refractivity contribution in [3.05, 3.63) is 63.6 Å². The van der Waals surface area contributed by atoms with Crippen LogP contribution in [0.5, 0.6) is 0 Å². The number of carbonyl (C=O) groups excluding carboxylic acids is 3. The lowest BCUT2D eigenvalue weighted by atomic mass is 9.95. The van der Waals surface area contributed by atoms with Crippen molar-refractivity contribution in [1.29, 1.82) is 0 Å². The van der Waals surface area contributed by atoms with Crippen LogP contribution in [0.15, 0.2) is 42.5 Å². The second-order valence-corrected chi connectivity index (χ2v) is 10.3. The van der Waals surface area contributed by atoms with E-state index in [9.17, 15) is 24.3 Å². The summed E-state index contributed by atoms with van der Waals surface area (Å²) in [7, 11) is 0. The van der Waals surface area contributed by atoms with E-state index in [4.69, 9.17) is 32.7 Å². The number of hydrogen-bond donors (Lipinski definition) is 4. The van der Waals surface area contributed by atoms with Crippen LogP contribution in [0.3, 0.4) is 0 Å². The lowest BCUT2D eigenvalue weighted by molar-refractivity contribution is -0.144. The molecular weight excluding hydrogens is 549 g/mol. The molecule has 208 valence electrons. The Morgan fingerprint density at radius 2 is 1.51 bits per heavy atom. The first kappa shape index (κ1) is 28.8. The molecule has 1 heterocycles. The van der Waals surface area contributed by atoms with Gasteiger partial charge in [-0.1, -0.05) is 60.7 Å². The fourth-order valence-corrected chi connectivity index (χ4v) is 5.21. The van der Waals surface area contributed by atoms with Crippen molar-refractivity contribution in [2.75, 3.05) is 12.1 Å². The summed E-state index contributed by atoms with van der Waals surface area (Å²) < 4.78 is 10.7. The van der Waals surface area contributed by atoms with Crippen LogP contribution in [0, 0.1) is 0 Å². The summed E-state index contributed by atoms with van der Waals surface area (Å²) in [5.74, 6) is -2.93. The molecule has 2 fully saturated rings. The van der Waals surface area contributed by atoms with Crippen molar-refractivity contribution in [1.82, 2.24) is 10.6 Å². The molecule has 3 atom stereocenters.